The molecule has 4 aromatic rings. The Labute approximate surface area is 203 Å². The van der Waals surface area contributed by atoms with E-state index in [4.69, 9.17) is 4.42 Å². The topological polar surface area (TPSA) is 89.3 Å². The zero-order valence-electron chi connectivity index (χ0n) is 18.1. The lowest BCUT2D eigenvalue weighted by molar-refractivity contribution is -0.113. The number of aryl methyl sites for hydroxylation is 1. The lowest BCUT2D eigenvalue weighted by Gasteiger charge is -2.07. The summed E-state index contributed by atoms with van der Waals surface area (Å²) in [6.45, 7) is 1.82. The molecule has 4 rings (SSSR count). The minimum Gasteiger partial charge on any atom is -0.428 e. The summed E-state index contributed by atoms with van der Waals surface area (Å²) in [5.74, 6) is -5.84. The number of oxazole rings is 1. The number of thioether (sulfide) groups is 1. The first kappa shape index (κ1) is 24.6. The molecule has 3 aromatic carbocycles. The van der Waals surface area contributed by atoms with Gasteiger partial charge in [0.15, 0.2) is 17.5 Å². The highest BCUT2D eigenvalue weighted by molar-refractivity contribution is 8.00. The fraction of sp³-hybridized carbons (Fsp3) is 0.0833. The summed E-state index contributed by atoms with van der Waals surface area (Å²) in [4.78, 5) is 16.5. The third kappa shape index (κ3) is 5.25. The second kappa shape index (κ2) is 9.96. The van der Waals surface area contributed by atoms with Crippen LogP contribution in [-0.4, -0.2) is 25.1 Å². The highest BCUT2D eigenvalue weighted by Gasteiger charge is 2.29. The lowest BCUT2D eigenvalue weighted by Crippen LogP contribution is -2.16. The van der Waals surface area contributed by atoms with E-state index in [-0.39, 0.29) is 20.9 Å². The molecule has 6 nitrogen and oxygen atoms in total. The van der Waals surface area contributed by atoms with Crippen molar-refractivity contribution in [2.24, 2.45) is 0 Å². The molecule has 0 aliphatic carbocycles. The molecule has 1 amide bonds. The van der Waals surface area contributed by atoms with Crippen LogP contribution in [0.2, 0.25) is 0 Å². The van der Waals surface area contributed by atoms with Crippen LogP contribution in [0.5, 0.6) is 0 Å². The standard InChI is InChI=1S/C24H17F3N2O4S2/c1-14-7-9-16(10-8-14)35(31,32)23-24(33-22(29-23)15-5-3-2-4-6-15)34-13-19(30)28-18-12-11-17(25)20(26)21(18)27/h2-12H,13H2,1H3,(H,28,30). The van der Waals surface area contributed by atoms with Gasteiger partial charge in [-0.15, -0.1) is 0 Å². The Balaban J connectivity index is 1.63. The first-order valence-electron chi connectivity index (χ1n) is 10.1. The Morgan fingerprint density at radius 2 is 1.66 bits per heavy atom. The highest BCUT2D eigenvalue weighted by atomic mass is 32.2. The Morgan fingerprint density at radius 3 is 2.34 bits per heavy atom. The second-order valence-electron chi connectivity index (χ2n) is 7.35. The van der Waals surface area contributed by atoms with Gasteiger partial charge in [-0.2, -0.15) is 4.98 Å². The van der Waals surface area contributed by atoms with Gasteiger partial charge < -0.3 is 9.73 Å². The number of anilines is 1. The predicted molar refractivity (Wildman–Crippen MR) is 124 cm³/mol. The predicted octanol–water partition coefficient (Wildman–Crippen LogP) is 5.63. The van der Waals surface area contributed by atoms with Crippen molar-refractivity contribution < 1.29 is 30.8 Å². The number of aromatic nitrogens is 1. The molecule has 180 valence electrons. The molecule has 0 aliphatic rings. The minimum atomic E-state index is -4.11. The average molecular weight is 519 g/mol. The van der Waals surface area contributed by atoms with Gasteiger partial charge in [0.2, 0.25) is 31.8 Å². The van der Waals surface area contributed by atoms with E-state index in [1.54, 1.807) is 42.5 Å². The van der Waals surface area contributed by atoms with Crippen molar-refractivity contribution >= 4 is 33.2 Å². The number of nitrogens with zero attached hydrogens (tertiary/aromatic N) is 1. The maximum absolute atomic E-state index is 13.9. The maximum atomic E-state index is 13.9. The quantitative estimate of drug-likeness (QED) is 0.252. The van der Waals surface area contributed by atoms with Crippen LogP contribution in [-0.2, 0) is 14.6 Å². The van der Waals surface area contributed by atoms with E-state index in [2.05, 4.69) is 10.3 Å². The molecule has 0 spiro atoms. The Hall–Kier alpha value is -3.57. The molecule has 0 saturated heterocycles. The molecule has 1 N–H and O–H groups in total. The molecule has 0 unspecified atom stereocenters. The fourth-order valence-electron chi connectivity index (χ4n) is 3.03. The number of halogens is 3. The number of rotatable bonds is 7. The van der Waals surface area contributed by atoms with Crippen LogP contribution in [0.3, 0.4) is 0 Å². The normalized spacial score (nSPS) is 11.4. The molecular weight excluding hydrogens is 501 g/mol. The first-order valence-corrected chi connectivity index (χ1v) is 12.6. The number of nitrogens with one attached hydrogen (secondary N) is 1. The van der Waals surface area contributed by atoms with Gasteiger partial charge in [0, 0.05) is 5.56 Å². The van der Waals surface area contributed by atoms with E-state index in [0.29, 0.717) is 11.6 Å². The van der Waals surface area contributed by atoms with Crippen molar-refractivity contribution in [2.45, 2.75) is 21.9 Å². The molecule has 35 heavy (non-hydrogen) atoms. The summed E-state index contributed by atoms with van der Waals surface area (Å²) in [7, 11) is -4.11. The number of carbonyl (C=O) groups excluding carboxylic acids is 1. The van der Waals surface area contributed by atoms with Crippen molar-refractivity contribution in [3.8, 4) is 11.5 Å². The van der Waals surface area contributed by atoms with Crippen LogP contribution in [0.4, 0.5) is 18.9 Å². The van der Waals surface area contributed by atoms with E-state index < -0.39 is 44.6 Å². The zero-order valence-corrected chi connectivity index (χ0v) is 19.7. The van der Waals surface area contributed by atoms with Gasteiger partial charge >= 0.3 is 0 Å². The minimum absolute atomic E-state index is 0.00817. The Morgan fingerprint density at radius 1 is 0.971 bits per heavy atom. The van der Waals surface area contributed by atoms with Crippen molar-refractivity contribution in [3.63, 3.8) is 0 Å². The van der Waals surface area contributed by atoms with Crippen molar-refractivity contribution in [2.75, 3.05) is 11.1 Å². The number of benzene rings is 3. The number of hydrogen-bond donors (Lipinski definition) is 1. The summed E-state index contributed by atoms with van der Waals surface area (Å²) < 4.78 is 72.7. The van der Waals surface area contributed by atoms with Crippen LogP contribution >= 0.6 is 11.8 Å². The van der Waals surface area contributed by atoms with Crippen LogP contribution in [0, 0.1) is 24.4 Å². The molecule has 0 fully saturated rings. The first-order chi connectivity index (χ1) is 16.7. The summed E-state index contributed by atoms with van der Waals surface area (Å²) in [6.07, 6.45) is 0. The summed E-state index contributed by atoms with van der Waals surface area (Å²) in [5.41, 5.74) is 0.836. The van der Waals surface area contributed by atoms with Crippen LogP contribution < -0.4 is 5.32 Å². The lowest BCUT2D eigenvalue weighted by atomic mass is 10.2. The smallest absolute Gasteiger partial charge is 0.234 e. The van der Waals surface area contributed by atoms with Gasteiger partial charge in [-0.25, -0.2) is 21.6 Å². The van der Waals surface area contributed by atoms with E-state index in [9.17, 15) is 26.4 Å². The molecule has 0 atom stereocenters. The SMILES string of the molecule is Cc1ccc(S(=O)(=O)c2nc(-c3ccccc3)oc2SCC(=O)Nc2ccc(F)c(F)c2F)cc1. The average Bonchev–Trinajstić information content (AvgIpc) is 3.29. The Kier molecular flexibility index (Phi) is 6.99. The van der Waals surface area contributed by atoms with E-state index in [0.717, 1.165) is 23.4 Å². The molecule has 0 aliphatic heterocycles. The molecule has 0 radical (unpaired) electrons. The van der Waals surface area contributed by atoms with Gasteiger partial charge in [-0.05, 0) is 43.3 Å². The third-order valence-electron chi connectivity index (χ3n) is 4.82. The number of hydrogen-bond acceptors (Lipinski definition) is 6. The summed E-state index contributed by atoms with van der Waals surface area (Å²) >= 11 is 0.717. The zero-order chi connectivity index (χ0) is 25.2. The van der Waals surface area contributed by atoms with Gasteiger partial charge in [-0.1, -0.05) is 47.7 Å². The van der Waals surface area contributed by atoms with Crippen molar-refractivity contribution in [1.29, 1.82) is 0 Å². The molecule has 1 aromatic heterocycles. The molecular formula is C24H17F3N2O4S2. The van der Waals surface area contributed by atoms with Gasteiger partial charge in [0.25, 0.3) is 0 Å². The molecule has 1 heterocycles. The molecule has 11 heteroatoms. The maximum Gasteiger partial charge on any atom is 0.234 e. The van der Waals surface area contributed by atoms with E-state index >= 15 is 0 Å². The molecule has 0 saturated carbocycles. The highest BCUT2D eigenvalue weighted by Crippen LogP contribution is 2.35. The fourth-order valence-corrected chi connectivity index (χ4v) is 5.36. The number of carbonyl (C=O) groups is 1. The van der Waals surface area contributed by atoms with Gasteiger partial charge in [0.05, 0.1) is 16.3 Å². The van der Waals surface area contributed by atoms with E-state index in [1.807, 2.05) is 6.92 Å². The second-order valence-corrected chi connectivity index (χ2v) is 10.2. The van der Waals surface area contributed by atoms with Crippen molar-refractivity contribution in [1.82, 2.24) is 4.98 Å². The summed E-state index contributed by atoms with van der Waals surface area (Å²) in [5, 5.41) is 1.60. The van der Waals surface area contributed by atoms with Crippen LogP contribution in [0.15, 0.2) is 86.2 Å². The van der Waals surface area contributed by atoms with Crippen LogP contribution in [0.1, 0.15) is 5.56 Å². The Bertz CT molecular complexity index is 1490. The van der Waals surface area contributed by atoms with Crippen LogP contribution in [0.25, 0.3) is 11.5 Å². The monoisotopic (exact) mass is 518 g/mol. The third-order valence-corrected chi connectivity index (χ3v) is 7.57. The molecule has 0 bridgehead atoms. The summed E-state index contributed by atoms with van der Waals surface area (Å²) in [6, 6.07) is 16.3. The number of amides is 1. The van der Waals surface area contributed by atoms with Gasteiger partial charge in [-0.3, -0.25) is 4.79 Å². The largest absolute Gasteiger partial charge is 0.428 e. The number of sulfone groups is 1. The van der Waals surface area contributed by atoms with Gasteiger partial charge in [0.1, 0.15) is 0 Å². The van der Waals surface area contributed by atoms with Crippen molar-refractivity contribution in [3.05, 3.63) is 89.7 Å². The van der Waals surface area contributed by atoms with E-state index in [1.165, 1.54) is 12.1 Å².